The summed E-state index contributed by atoms with van der Waals surface area (Å²) in [4.78, 5) is 18.7. The van der Waals surface area contributed by atoms with Crippen molar-refractivity contribution in [2.45, 2.75) is 25.8 Å². The summed E-state index contributed by atoms with van der Waals surface area (Å²) < 4.78 is 0. The van der Waals surface area contributed by atoms with Gasteiger partial charge in [0.1, 0.15) is 5.82 Å². The Morgan fingerprint density at radius 2 is 1.62 bits per heavy atom. The molecule has 0 radical (unpaired) electrons. The van der Waals surface area contributed by atoms with E-state index in [1.165, 1.54) is 24.9 Å². The monoisotopic (exact) mass is 384 g/mol. The zero-order chi connectivity index (χ0) is 19.8. The molecule has 29 heavy (non-hydrogen) atoms. The summed E-state index contributed by atoms with van der Waals surface area (Å²) in [5.74, 6) is 0.483. The Bertz CT molecular complexity index is 1070. The van der Waals surface area contributed by atoms with E-state index in [0.29, 0.717) is 12.4 Å². The Morgan fingerprint density at radius 1 is 0.862 bits per heavy atom. The fraction of sp³-hybridized carbons (Fsp3) is 0.250. The number of nitrogens with zero attached hydrogens (tertiary/aromatic N) is 2. The van der Waals surface area contributed by atoms with Crippen molar-refractivity contribution in [3.63, 3.8) is 0 Å². The van der Waals surface area contributed by atoms with Crippen molar-refractivity contribution < 1.29 is 4.79 Å². The molecule has 5 heteroatoms. The zero-order valence-corrected chi connectivity index (χ0v) is 16.3. The summed E-state index contributed by atoms with van der Waals surface area (Å²) in [6, 6.07) is 16.6. The van der Waals surface area contributed by atoms with Crippen molar-refractivity contribution in [2.75, 3.05) is 23.7 Å². The number of anilines is 2. The lowest BCUT2D eigenvalue weighted by atomic mass is 9.98. The van der Waals surface area contributed by atoms with Crippen LogP contribution in [0, 0.1) is 0 Å². The molecule has 146 valence electrons. The van der Waals surface area contributed by atoms with E-state index in [0.717, 1.165) is 46.5 Å². The van der Waals surface area contributed by atoms with Crippen LogP contribution in [0.4, 0.5) is 11.5 Å². The number of hydrogen-bond acceptors (Lipinski definition) is 4. The third-order valence-corrected chi connectivity index (χ3v) is 5.94. The van der Waals surface area contributed by atoms with E-state index in [9.17, 15) is 4.79 Å². The molecule has 1 amide bonds. The highest BCUT2D eigenvalue weighted by Crippen LogP contribution is 2.32. The second kappa shape index (κ2) is 7.24. The average Bonchev–Trinajstić information content (AvgIpc) is 3.15. The van der Waals surface area contributed by atoms with Gasteiger partial charge in [0, 0.05) is 48.2 Å². The average molecular weight is 384 g/mol. The van der Waals surface area contributed by atoms with Gasteiger partial charge in [-0.25, -0.2) is 4.98 Å². The maximum absolute atomic E-state index is 11.8. The number of aromatic nitrogens is 1. The number of nitrogens with one attached hydrogen (secondary N) is 1. The van der Waals surface area contributed by atoms with Gasteiger partial charge in [-0.1, -0.05) is 18.2 Å². The van der Waals surface area contributed by atoms with Crippen LogP contribution >= 0.6 is 0 Å². The Hall–Kier alpha value is -3.34. The minimum Gasteiger partial charge on any atom is -0.383 e. The number of carbonyl (C=O) groups is 1. The number of piperidine rings is 1. The molecule has 3 heterocycles. The molecular weight excluding hydrogens is 360 g/mol. The number of amides is 1. The summed E-state index contributed by atoms with van der Waals surface area (Å²) in [5, 5.41) is 2.86. The van der Waals surface area contributed by atoms with Crippen LogP contribution in [0.1, 0.15) is 35.2 Å². The number of carbonyl (C=O) groups excluding carboxylic acids is 1. The fourth-order valence-corrected chi connectivity index (χ4v) is 4.28. The molecule has 5 rings (SSSR count). The highest BCUT2D eigenvalue weighted by molar-refractivity contribution is 5.99. The largest absolute Gasteiger partial charge is 0.383 e. The van der Waals surface area contributed by atoms with E-state index < -0.39 is 0 Å². The van der Waals surface area contributed by atoms with Gasteiger partial charge < -0.3 is 16.0 Å². The quantitative estimate of drug-likeness (QED) is 0.709. The van der Waals surface area contributed by atoms with Crippen molar-refractivity contribution in [2.24, 2.45) is 0 Å². The predicted octanol–water partition coefficient (Wildman–Crippen LogP) is 4.23. The first-order valence-electron chi connectivity index (χ1n) is 10.2. The first kappa shape index (κ1) is 17.7. The third-order valence-electron chi connectivity index (χ3n) is 5.94. The topological polar surface area (TPSA) is 71.2 Å². The second-order valence-electron chi connectivity index (χ2n) is 7.81. The van der Waals surface area contributed by atoms with E-state index in [2.05, 4.69) is 45.5 Å². The van der Waals surface area contributed by atoms with Crippen LogP contribution < -0.4 is 16.0 Å². The lowest BCUT2D eigenvalue weighted by Crippen LogP contribution is -2.29. The van der Waals surface area contributed by atoms with Gasteiger partial charge >= 0.3 is 0 Å². The van der Waals surface area contributed by atoms with Crippen molar-refractivity contribution in [3.8, 4) is 22.3 Å². The van der Waals surface area contributed by atoms with Crippen LogP contribution in [0.5, 0.6) is 0 Å². The van der Waals surface area contributed by atoms with Gasteiger partial charge in [-0.05, 0) is 66.3 Å². The lowest BCUT2D eigenvalue weighted by molar-refractivity contribution is 0.0966. The molecule has 3 N–H and O–H groups in total. The smallest absolute Gasteiger partial charge is 0.251 e. The van der Waals surface area contributed by atoms with Crippen molar-refractivity contribution in [1.29, 1.82) is 0 Å². The van der Waals surface area contributed by atoms with Crippen LogP contribution in [0.25, 0.3) is 22.3 Å². The molecule has 0 atom stereocenters. The number of rotatable bonds is 3. The summed E-state index contributed by atoms with van der Waals surface area (Å²) >= 11 is 0. The fourth-order valence-electron chi connectivity index (χ4n) is 4.28. The minimum absolute atomic E-state index is 0.0137. The van der Waals surface area contributed by atoms with E-state index >= 15 is 0 Å². The molecule has 0 bridgehead atoms. The highest BCUT2D eigenvalue weighted by atomic mass is 16.1. The molecule has 2 aliphatic heterocycles. The zero-order valence-electron chi connectivity index (χ0n) is 16.3. The number of hydrogen-bond donors (Lipinski definition) is 2. The Morgan fingerprint density at radius 3 is 2.41 bits per heavy atom. The van der Waals surface area contributed by atoms with E-state index in [4.69, 9.17) is 5.73 Å². The summed E-state index contributed by atoms with van der Waals surface area (Å²) in [5.41, 5.74) is 13.3. The van der Waals surface area contributed by atoms with Gasteiger partial charge in [0.25, 0.3) is 5.91 Å². The van der Waals surface area contributed by atoms with Crippen molar-refractivity contribution in [1.82, 2.24) is 10.3 Å². The van der Waals surface area contributed by atoms with E-state index in [1.54, 1.807) is 0 Å². The number of nitrogen functional groups attached to an aromatic ring is 1. The van der Waals surface area contributed by atoms with Crippen LogP contribution in [0.2, 0.25) is 0 Å². The molecule has 1 fully saturated rings. The molecule has 0 spiro atoms. The summed E-state index contributed by atoms with van der Waals surface area (Å²) in [7, 11) is 0. The molecule has 0 aliphatic carbocycles. The predicted molar refractivity (Wildman–Crippen MR) is 117 cm³/mol. The first-order valence-corrected chi connectivity index (χ1v) is 10.2. The van der Waals surface area contributed by atoms with Gasteiger partial charge in [-0.15, -0.1) is 0 Å². The van der Waals surface area contributed by atoms with Gasteiger partial charge in [-0.2, -0.15) is 0 Å². The van der Waals surface area contributed by atoms with Crippen LogP contribution in [0.15, 0.2) is 54.7 Å². The maximum atomic E-state index is 11.8. The SMILES string of the molecule is Nc1ncc(-c2ccc(N3CCCCC3)cc2)cc1-c1ccc2c(c1)CNC2=O. The minimum atomic E-state index is -0.0137. The van der Waals surface area contributed by atoms with Crippen LogP contribution in [-0.4, -0.2) is 24.0 Å². The van der Waals surface area contributed by atoms with Crippen LogP contribution in [-0.2, 0) is 6.54 Å². The molecule has 3 aromatic rings. The number of nitrogens with two attached hydrogens (primary N) is 1. The second-order valence-corrected chi connectivity index (χ2v) is 7.81. The molecule has 1 aromatic heterocycles. The molecule has 0 unspecified atom stereocenters. The van der Waals surface area contributed by atoms with Crippen molar-refractivity contribution in [3.05, 3.63) is 65.9 Å². The number of pyridine rings is 1. The third kappa shape index (κ3) is 3.33. The van der Waals surface area contributed by atoms with Crippen LogP contribution in [0.3, 0.4) is 0 Å². The normalized spacial score (nSPS) is 15.9. The van der Waals surface area contributed by atoms with E-state index in [1.807, 2.05) is 24.4 Å². The van der Waals surface area contributed by atoms with Gasteiger partial charge in [-0.3, -0.25) is 4.79 Å². The molecule has 2 aromatic carbocycles. The molecule has 2 aliphatic rings. The Kier molecular flexibility index (Phi) is 4.43. The van der Waals surface area contributed by atoms with Gasteiger partial charge in [0.05, 0.1) is 0 Å². The first-order chi connectivity index (χ1) is 14.2. The highest BCUT2D eigenvalue weighted by Gasteiger charge is 2.19. The Balaban J connectivity index is 1.46. The van der Waals surface area contributed by atoms with E-state index in [-0.39, 0.29) is 5.91 Å². The standard InChI is InChI=1S/C24H24N4O/c25-23-22(17-6-9-21-19(12-17)15-27-24(21)29)13-18(14-26-23)16-4-7-20(8-5-16)28-10-2-1-3-11-28/h4-9,12-14H,1-3,10-11,15H2,(H2,25,26)(H,27,29). The molecule has 1 saturated heterocycles. The number of benzene rings is 2. The molecule has 5 nitrogen and oxygen atoms in total. The molecular formula is C24H24N4O. The maximum Gasteiger partial charge on any atom is 0.251 e. The Labute approximate surface area is 170 Å². The summed E-state index contributed by atoms with van der Waals surface area (Å²) in [6.07, 6.45) is 5.71. The number of fused-ring (bicyclic) bond motifs is 1. The molecule has 0 saturated carbocycles. The van der Waals surface area contributed by atoms with Gasteiger partial charge in [0.15, 0.2) is 0 Å². The van der Waals surface area contributed by atoms with Crippen molar-refractivity contribution >= 4 is 17.4 Å². The lowest BCUT2D eigenvalue weighted by Gasteiger charge is -2.28. The summed E-state index contributed by atoms with van der Waals surface area (Å²) in [6.45, 7) is 2.85. The van der Waals surface area contributed by atoms with Gasteiger partial charge in [0.2, 0.25) is 0 Å².